The van der Waals surface area contributed by atoms with Crippen molar-refractivity contribution in [3.63, 3.8) is 0 Å². The van der Waals surface area contributed by atoms with Crippen LogP contribution in [0.1, 0.15) is 128 Å². The molecule has 4 rings (SSSR count). The lowest BCUT2D eigenvalue weighted by molar-refractivity contribution is -0.157. The zero-order chi connectivity index (χ0) is 22.0. The number of hydrogen-bond acceptors (Lipinski definition) is 4. The lowest BCUT2D eigenvalue weighted by atomic mass is 9.77. The van der Waals surface area contributed by atoms with Gasteiger partial charge in [-0.3, -0.25) is 4.79 Å². The first kappa shape index (κ1) is 24.5. The molecule has 0 saturated heterocycles. The minimum atomic E-state index is 0.112. The van der Waals surface area contributed by atoms with Gasteiger partial charge in [-0.1, -0.05) is 38.5 Å². The normalized spacial score (nSPS) is 33.1. The third kappa shape index (κ3) is 8.01. The Kier molecular flexibility index (Phi) is 10.2. The predicted molar refractivity (Wildman–Crippen MR) is 127 cm³/mol. The fraction of sp³-hybridized carbons (Fsp3) is 0.964. The molecular formula is C28H48O4. The molecule has 4 heteroatoms. The molecule has 0 atom stereocenters. The van der Waals surface area contributed by atoms with E-state index < -0.39 is 0 Å². The molecule has 0 aliphatic heterocycles. The number of rotatable bonds is 9. The number of hydrogen-bond donors (Lipinski definition) is 0. The maximum Gasteiger partial charge on any atom is 0.309 e. The summed E-state index contributed by atoms with van der Waals surface area (Å²) >= 11 is 0. The molecule has 4 nitrogen and oxygen atoms in total. The predicted octanol–water partition coefficient (Wildman–Crippen LogP) is 7.33. The lowest BCUT2D eigenvalue weighted by Gasteiger charge is -2.32. The molecule has 184 valence electrons. The van der Waals surface area contributed by atoms with Gasteiger partial charge in [0, 0.05) is 0 Å². The quantitative estimate of drug-likeness (QED) is 0.273. The molecule has 0 amide bonds. The number of carbonyl (C=O) groups is 1. The van der Waals surface area contributed by atoms with Crippen molar-refractivity contribution in [3.05, 3.63) is 0 Å². The monoisotopic (exact) mass is 448 g/mol. The summed E-state index contributed by atoms with van der Waals surface area (Å²) in [5.74, 6) is 1.99. The maximum absolute atomic E-state index is 12.5. The molecule has 4 fully saturated rings. The smallest absolute Gasteiger partial charge is 0.309 e. The van der Waals surface area contributed by atoms with Crippen molar-refractivity contribution in [2.45, 2.75) is 147 Å². The Balaban J connectivity index is 1.03. The van der Waals surface area contributed by atoms with Gasteiger partial charge in [0.05, 0.1) is 18.1 Å². The van der Waals surface area contributed by atoms with E-state index in [2.05, 4.69) is 0 Å². The van der Waals surface area contributed by atoms with Gasteiger partial charge in [0.1, 0.15) is 12.9 Å². The van der Waals surface area contributed by atoms with Crippen LogP contribution >= 0.6 is 0 Å². The SMILES string of the molecule is O=C(OC1CCCCC1)C1CCC(CCC2CCC(OCOC3CCCCC3)CC2)CC1. The second-order valence-corrected chi connectivity index (χ2v) is 11.3. The molecule has 0 heterocycles. The highest BCUT2D eigenvalue weighted by atomic mass is 16.7. The van der Waals surface area contributed by atoms with Crippen molar-refractivity contribution in [2.24, 2.45) is 17.8 Å². The van der Waals surface area contributed by atoms with Crippen molar-refractivity contribution >= 4 is 5.97 Å². The zero-order valence-corrected chi connectivity index (χ0v) is 20.4. The maximum atomic E-state index is 12.5. The van der Waals surface area contributed by atoms with Crippen LogP contribution in [0.2, 0.25) is 0 Å². The van der Waals surface area contributed by atoms with Gasteiger partial charge in [0.15, 0.2) is 0 Å². The van der Waals surface area contributed by atoms with Crippen LogP contribution in [0.3, 0.4) is 0 Å². The number of ether oxygens (including phenoxy) is 3. The van der Waals surface area contributed by atoms with Crippen molar-refractivity contribution in [1.82, 2.24) is 0 Å². The minimum absolute atomic E-state index is 0.112. The molecule has 0 spiro atoms. The van der Waals surface area contributed by atoms with E-state index in [4.69, 9.17) is 14.2 Å². The summed E-state index contributed by atoms with van der Waals surface area (Å²) in [5.41, 5.74) is 0. The molecule has 0 aromatic rings. The molecule has 0 bridgehead atoms. The van der Waals surface area contributed by atoms with Gasteiger partial charge in [0.2, 0.25) is 0 Å². The molecule has 4 aliphatic carbocycles. The van der Waals surface area contributed by atoms with Gasteiger partial charge in [-0.05, 0) is 102 Å². The molecule has 0 aromatic carbocycles. The molecular weight excluding hydrogens is 400 g/mol. The lowest BCUT2D eigenvalue weighted by Crippen LogP contribution is -2.29. The Morgan fingerprint density at radius 1 is 0.531 bits per heavy atom. The summed E-state index contributed by atoms with van der Waals surface area (Å²) in [4.78, 5) is 12.5. The highest BCUT2D eigenvalue weighted by Crippen LogP contribution is 2.36. The molecule has 0 radical (unpaired) electrons. The van der Waals surface area contributed by atoms with Gasteiger partial charge in [-0.15, -0.1) is 0 Å². The van der Waals surface area contributed by atoms with Gasteiger partial charge >= 0.3 is 5.97 Å². The molecule has 0 unspecified atom stereocenters. The first-order valence-electron chi connectivity index (χ1n) is 14.2. The highest BCUT2D eigenvalue weighted by Gasteiger charge is 2.30. The van der Waals surface area contributed by atoms with Crippen LogP contribution in [-0.2, 0) is 19.0 Å². The fourth-order valence-electron chi connectivity index (χ4n) is 6.65. The number of esters is 1. The van der Waals surface area contributed by atoms with E-state index in [1.165, 1.54) is 103 Å². The Bertz CT molecular complexity index is 522. The minimum Gasteiger partial charge on any atom is -0.462 e. The summed E-state index contributed by atoms with van der Waals surface area (Å²) in [7, 11) is 0. The second-order valence-electron chi connectivity index (χ2n) is 11.3. The first-order chi connectivity index (χ1) is 15.8. The summed E-state index contributed by atoms with van der Waals surface area (Å²) in [6, 6.07) is 0. The van der Waals surface area contributed by atoms with E-state index in [-0.39, 0.29) is 18.0 Å². The van der Waals surface area contributed by atoms with Crippen LogP contribution in [0.5, 0.6) is 0 Å². The van der Waals surface area contributed by atoms with Gasteiger partial charge in [-0.25, -0.2) is 0 Å². The van der Waals surface area contributed by atoms with E-state index in [0.717, 1.165) is 37.5 Å². The molecule has 4 aliphatic rings. The average Bonchev–Trinajstić information content (AvgIpc) is 2.85. The third-order valence-corrected chi connectivity index (χ3v) is 8.95. The third-order valence-electron chi connectivity index (χ3n) is 8.95. The van der Waals surface area contributed by atoms with Crippen molar-refractivity contribution < 1.29 is 19.0 Å². The van der Waals surface area contributed by atoms with Crippen LogP contribution in [0.15, 0.2) is 0 Å². The number of carbonyl (C=O) groups excluding carboxylic acids is 1. The first-order valence-corrected chi connectivity index (χ1v) is 14.2. The van der Waals surface area contributed by atoms with E-state index in [0.29, 0.717) is 19.0 Å². The van der Waals surface area contributed by atoms with Gasteiger partial charge in [0.25, 0.3) is 0 Å². The Labute approximate surface area is 196 Å². The van der Waals surface area contributed by atoms with Gasteiger partial charge in [-0.2, -0.15) is 0 Å². The summed E-state index contributed by atoms with van der Waals surface area (Å²) in [5, 5.41) is 0. The van der Waals surface area contributed by atoms with Crippen LogP contribution in [0, 0.1) is 17.8 Å². The van der Waals surface area contributed by atoms with Crippen molar-refractivity contribution in [2.75, 3.05) is 6.79 Å². The van der Waals surface area contributed by atoms with E-state index >= 15 is 0 Å². The molecule has 4 saturated carbocycles. The summed E-state index contributed by atoms with van der Waals surface area (Å²) in [6.07, 6.45) is 25.8. The van der Waals surface area contributed by atoms with E-state index in [9.17, 15) is 4.79 Å². The summed E-state index contributed by atoms with van der Waals surface area (Å²) in [6.45, 7) is 0.506. The standard InChI is InChI=1S/C28H48O4/c29-28(32-27-9-5-2-6-10-27)24-17-13-22(14-18-24)11-12-23-15-19-26(20-16-23)31-21-30-25-7-3-1-4-8-25/h22-27H,1-21H2. The van der Waals surface area contributed by atoms with E-state index in [1.54, 1.807) is 0 Å². The van der Waals surface area contributed by atoms with Crippen molar-refractivity contribution in [3.8, 4) is 0 Å². The van der Waals surface area contributed by atoms with Crippen LogP contribution in [-0.4, -0.2) is 31.1 Å². The van der Waals surface area contributed by atoms with E-state index in [1.807, 2.05) is 0 Å². The van der Waals surface area contributed by atoms with Crippen LogP contribution in [0.25, 0.3) is 0 Å². The molecule has 0 N–H and O–H groups in total. The molecule has 0 aromatic heterocycles. The fourth-order valence-corrected chi connectivity index (χ4v) is 6.65. The largest absolute Gasteiger partial charge is 0.462 e. The Morgan fingerprint density at radius 3 is 1.56 bits per heavy atom. The second kappa shape index (κ2) is 13.3. The summed E-state index contributed by atoms with van der Waals surface area (Å²) < 4.78 is 17.8. The Hall–Kier alpha value is -0.610. The topological polar surface area (TPSA) is 44.8 Å². The van der Waals surface area contributed by atoms with Crippen LogP contribution in [0.4, 0.5) is 0 Å². The van der Waals surface area contributed by atoms with Crippen molar-refractivity contribution in [1.29, 1.82) is 0 Å². The van der Waals surface area contributed by atoms with Crippen LogP contribution < -0.4 is 0 Å². The Morgan fingerprint density at radius 2 is 1.00 bits per heavy atom. The zero-order valence-electron chi connectivity index (χ0n) is 20.4. The highest BCUT2D eigenvalue weighted by molar-refractivity contribution is 5.72. The molecule has 32 heavy (non-hydrogen) atoms. The van der Waals surface area contributed by atoms with Gasteiger partial charge < -0.3 is 14.2 Å². The average molecular weight is 449 g/mol.